The Labute approximate surface area is 159 Å². The molecule has 0 unspecified atom stereocenters. The molecule has 1 aliphatic heterocycles. The summed E-state index contributed by atoms with van der Waals surface area (Å²) in [5.74, 6) is -0.0253. The maximum absolute atomic E-state index is 13.2. The number of urea groups is 1. The molecule has 3 rings (SSSR count). The lowest BCUT2D eigenvalue weighted by Gasteiger charge is -2.40. The van der Waals surface area contributed by atoms with E-state index in [0.717, 1.165) is 5.56 Å². The zero-order valence-corrected chi connectivity index (χ0v) is 16.6. The van der Waals surface area contributed by atoms with Crippen LogP contribution >= 0.6 is 0 Å². The van der Waals surface area contributed by atoms with E-state index in [4.69, 9.17) is 4.52 Å². The zero-order valence-electron chi connectivity index (χ0n) is 15.8. The Kier molecular flexibility index (Phi) is 5.28. The average Bonchev–Trinajstić information content (AvgIpc) is 3.14. The van der Waals surface area contributed by atoms with Gasteiger partial charge < -0.3 is 14.7 Å². The van der Waals surface area contributed by atoms with Gasteiger partial charge in [0.1, 0.15) is 12.0 Å². The van der Waals surface area contributed by atoms with Crippen LogP contribution in [-0.2, 0) is 9.84 Å². The molecule has 2 heterocycles. The number of carbonyl (C=O) groups excluding carboxylic acids is 1. The predicted molar refractivity (Wildman–Crippen MR) is 102 cm³/mol. The van der Waals surface area contributed by atoms with Gasteiger partial charge in [-0.25, -0.2) is 13.2 Å². The van der Waals surface area contributed by atoms with Crippen molar-refractivity contribution in [1.82, 2.24) is 10.1 Å². The summed E-state index contributed by atoms with van der Waals surface area (Å²) < 4.78 is 30.2. The van der Waals surface area contributed by atoms with Crippen LogP contribution in [0.2, 0.25) is 0 Å². The van der Waals surface area contributed by atoms with Gasteiger partial charge in [0.15, 0.2) is 9.84 Å². The normalized spacial score (nSPS) is 16.3. The number of piperidine rings is 1. The highest BCUT2D eigenvalue weighted by molar-refractivity contribution is 7.92. The van der Waals surface area contributed by atoms with Gasteiger partial charge in [-0.05, 0) is 57.2 Å². The molecule has 1 aromatic carbocycles. The molecule has 2 amide bonds. The molecular weight excluding hydrogens is 366 g/mol. The second-order valence-electron chi connectivity index (χ2n) is 7.53. The van der Waals surface area contributed by atoms with Gasteiger partial charge in [-0.2, -0.15) is 0 Å². The third-order valence-electron chi connectivity index (χ3n) is 5.44. The Morgan fingerprint density at radius 1 is 1.30 bits per heavy atom. The van der Waals surface area contributed by atoms with Crippen LogP contribution < -0.4 is 5.32 Å². The van der Waals surface area contributed by atoms with E-state index < -0.39 is 14.6 Å². The number of hydrogen-bond donors (Lipinski definition) is 1. The Morgan fingerprint density at radius 3 is 2.59 bits per heavy atom. The third-order valence-corrected chi connectivity index (χ3v) is 8.03. The first kappa shape index (κ1) is 19.4. The number of rotatable bonds is 4. The molecule has 0 spiro atoms. The van der Waals surface area contributed by atoms with Crippen molar-refractivity contribution in [2.75, 3.05) is 18.4 Å². The summed E-state index contributed by atoms with van der Waals surface area (Å²) in [7, 11) is -3.48. The Bertz CT molecular complexity index is 899. The number of amides is 2. The van der Waals surface area contributed by atoms with Gasteiger partial charge in [0.2, 0.25) is 0 Å². The van der Waals surface area contributed by atoms with Gasteiger partial charge in [-0.15, -0.1) is 0 Å². The quantitative estimate of drug-likeness (QED) is 0.861. The maximum atomic E-state index is 13.2. The van der Waals surface area contributed by atoms with Gasteiger partial charge in [0.25, 0.3) is 0 Å². The molecule has 27 heavy (non-hydrogen) atoms. The SMILES string of the molecule is Cc1cccc(S(=O)(=O)C(C)(C)C2CCN(C(=O)Nc3cnoc3)CC2)c1. The van der Waals surface area contributed by atoms with Crippen LogP contribution in [-0.4, -0.2) is 42.3 Å². The van der Waals surface area contributed by atoms with Gasteiger partial charge in [0.05, 0.1) is 15.8 Å². The van der Waals surface area contributed by atoms with Crippen molar-refractivity contribution in [3.63, 3.8) is 0 Å². The Hall–Kier alpha value is -2.35. The van der Waals surface area contributed by atoms with Gasteiger partial charge in [-0.1, -0.05) is 17.3 Å². The van der Waals surface area contributed by atoms with Crippen LogP contribution in [0.3, 0.4) is 0 Å². The van der Waals surface area contributed by atoms with Crippen molar-refractivity contribution in [2.45, 2.75) is 43.3 Å². The molecule has 7 nitrogen and oxygen atoms in total. The van der Waals surface area contributed by atoms with Gasteiger partial charge in [-0.3, -0.25) is 0 Å². The average molecular weight is 391 g/mol. The number of sulfone groups is 1. The monoisotopic (exact) mass is 391 g/mol. The summed E-state index contributed by atoms with van der Waals surface area (Å²) in [4.78, 5) is 14.4. The topological polar surface area (TPSA) is 92.5 Å². The van der Waals surface area contributed by atoms with E-state index in [9.17, 15) is 13.2 Å². The molecule has 146 valence electrons. The van der Waals surface area contributed by atoms with E-state index in [1.165, 1.54) is 12.5 Å². The zero-order chi connectivity index (χ0) is 19.7. The molecule has 1 saturated heterocycles. The van der Waals surface area contributed by atoms with Crippen LogP contribution in [0.15, 0.2) is 46.1 Å². The van der Waals surface area contributed by atoms with Crippen molar-refractivity contribution in [3.8, 4) is 0 Å². The second kappa shape index (κ2) is 7.34. The highest BCUT2D eigenvalue weighted by Crippen LogP contribution is 2.38. The number of anilines is 1. The van der Waals surface area contributed by atoms with Crippen LogP contribution in [0, 0.1) is 12.8 Å². The standard InChI is InChI=1S/C19H25N3O4S/c1-14-5-4-6-17(11-14)27(24,25)19(2,3)15-7-9-22(10-8-15)18(23)21-16-12-20-26-13-16/h4-6,11-13,15H,7-10H2,1-3H3,(H,21,23). The molecule has 0 atom stereocenters. The fourth-order valence-corrected chi connectivity index (χ4v) is 5.43. The maximum Gasteiger partial charge on any atom is 0.321 e. The van der Waals surface area contributed by atoms with E-state index in [1.54, 1.807) is 36.9 Å². The number of aromatic nitrogens is 1. The minimum atomic E-state index is -3.48. The molecule has 0 saturated carbocycles. The lowest BCUT2D eigenvalue weighted by Crippen LogP contribution is -2.48. The van der Waals surface area contributed by atoms with Gasteiger partial charge >= 0.3 is 6.03 Å². The first-order chi connectivity index (χ1) is 12.7. The fraction of sp³-hybridized carbons (Fsp3) is 0.474. The summed E-state index contributed by atoms with van der Waals surface area (Å²) >= 11 is 0. The first-order valence-electron chi connectivity index (χ1n) is 8.98. The lowest BCUT2D eigenvalue weighted by molar-refractivity contribution is 0.171. The first-order valence-corrected chi connectivity index (χ1v) is 10.5. The van der Waals surface area contributed by atoms with Crippen molar-refractivity contribution in [3.05, 3.63) is 42.3 Å². The summed E-state index contributed by atoms with van der Waals surface area (Å²) in [5.41, 5.74) is 1.43. The predicted octanol–water partition coefficient (Wildman–Crippen LogP) is 3.48. The fourth-order valence-electron chi connectivity index (χ4n) is 3.55. The summed E-state index contributed by atoms with van der Waals surface area (Å²) in [5, 5.41) is 6.27. The van der Waals surface area contributed by atoms with E-state index >= 15 is 0 Å². The highest BCUT2D eigenvalue weighted by Gasteiger charge is 2.44. The molecule has 0 aliphatic carbocycles. The van der Waals surface area contributed by atoms with Crippen molar-refractivity contribution in [1.29, 1.82) is 0 Å². The Balaban J connectivity index is 1.68. The molecule has 8 heteroatoms. The minimum Gasteiger partial charge on any atom is -0.363 e. The lowest BCUT2D eigenvalue weighted by atomic mass is 9.86. The van der Waals surface area contributed by atoms with Crippen LogP contribution in [0.4, 0.5) is 10.5 Å². The molecular formula is C19H25N3O4S. The number of likely N-dealkylation sites (tertiary alicyclic amines) is 1. The third kappa shape index (κ3) is 3.85. The van der Waals surface area contributed by atoms with Crippen molar-refractivity contribution in [2.24, 2.45) is 5.92 Å². The molecule has 0 bridgehead atoms. The molecule has 1 N–H and O–H groups in total. The van der Waals surface area contributed by atoms with Crippen molar-refractivity contribution >= 4 is 21.6 Å². The number of aryl methyl sites for hydroxylation is 1. The van der Waals surface area contributed by atoms with Crippen LogP contribution in [0.1, 0.15) is 32.3 Å². The molecule has 0 radical (unpaired) electrons. The number of nitrogens with one attached hydrogen (secondary N) is 1. The number of benzene rings is 1. The highest BCUT2D eigenvalue weighted by atomic mass is 32.2. The Morgan fingerprint density at radius 2 is 2.00 bits per heavy atom. The summed E-state index contributed by atoms with van der Waals surface area (Å²) in [6.45, 7) is 6.49. The molecule has 1 fully saturated rings. The number of hydrogen-bond acceptors (Lipinski definition) is 5. The molecule has 2 aromatic rings. The van der Waals surface area contributed by atoms with Crippen molar-refractivity contribution < 1.29 is 17.7 Å². The summed E-state index contributed by atoms with van der Waals surface area (Å²) in [6.07, 6.45) is 4.06. The second-order valence-corrected chi connectivity index (χ2v) is 10.1. The minimum absolute atomic E-state index is 0.0253. The van der Waals surface area contributed by atoms with E-state index in [-0.39, 0.29) is 11.9 Å². The van der Waals surface area contributed by atoms with E-state index in [2.05, 4.69) is 10.5 Å². The van der Waals surface area contributed by atoms with Crippen LogP contribution in [0.5, 0.6) is 0 Å². The smallest absolute Gasteiger partial charge is 0.321 e. The van der Waals surface area contributed by atoms with E-state index in [1.807, 2.05) is 13.0 Å². The number of nitrogens with zero attached hydrogens (tertiary/aromatic N) is 2. The molecule has 1 aliphatic rings. The van der Waals surface area contributed by atoms with Crippen LogP contribution in [0.25, 0.3) is 0 Å². The molecule has 1 aromatic heterocycles. The largest absolute Gasteiger partial charge is 0.363 e. The van der Waals surface area contributed by atoms with Gasteiger partial charge in [0, 0.05) is 13.1 Å². The number of carbonyl (C=O) groups is 1. The van der Waals surface area contributed by atoms with E-state index in [0.29, 0.717) is 36.5 Å². The summed E-state index contributed by atoms with van der Waals surface area (Å²) in [6, 6.07) is 6.81.